The molecular weight excluding hydrogens is 356 g/mol. The number of nitrogens with zero attached hydrogens (tertiary/aromatic N) is 1. The van der Waals surface area contributed by atoms with Gasteiger partial charge in [-0.1, -0.05) is 30.3 Å². The minimum Gasteiger partial charge on any atom is -0.480 e. The number of nitrogens with one attached hydrogen (secondary N) is 1. The van der Waals surface area contributed by atoms with E-state index in [1.165, 1.54) is 12.8 Å². The Morgan fingerprint density at radius 2 is 1.82 bits per heavy atom. The predicted molar refractivity (Wildman–Crippen MR) is 105 cm³/mol. The summed E-state index contributed by atoms with van der Waals surface area (Å²) in [5, 5.41) is 12.5. The van der Waals surface area contributed by atoms with Gasteiger partial charge in [0.05, 0.1) is 12.0 Å². The Kier molecular flexibility index (Phi) is 5.69. The van der Waals surface area contributed by atoms with Gasteiger partial charge >= 0.3 is 5.97 Å². The highest BCUT2D eigenvalue weighted by Gasteiger charge is 2.44. The average Bonchev–Trinajstić information content (AvgIpc) is 3.48. The molecule has 1 heterocycles. The summed E-state index contributed by atoms with van der Waals surface area (Å²) >= 11 is 0. The van der Waals surface area contributed by atoms with Gasteiger partial charge in [-0.05, 0) is 50.0 Å². The molecule has 28 heavy (non-hydrogen) atoms. The van der Waals surface area contributed by atoms with Gasteiger partial charge in [-0.25, -0.2) is 0 Å². The van der Waals surface area contributed by atoms with Crippen molar-refractivity contribution in [1.29, 1.82) is 0 Å². The third kappa shape index (κ3) is 4.23. The summed E-state index contributed by atoms with van der Waals surface area (Å²) in [5.74, 6) is -0.00706. The normalized spacial score (nSPS) is 26.5. The van der Waals surface area contributed by atoms with Crippen LogP contribution in [0.2, 0.25) is 0 Å². The number of carboxylic acids is 1. The summed E-state index contributed by atoms with van der Waals surface area (Å²) in [7, 11) is 0. The van der Waals surface area contributed by atoms with Gasteiger partial charge in [0, 0.05) is 31.8 Å². The molecule has 3 fully saturated rings. The second-order valence-electron chi connectivity index (χ2n) is 8.62. The standard InChI is InChI=1S/C22H30N2O4/c25-20(26)15-24(14-16-6-7-16)19-12-18(13-19)23-21(27)22(8-10-28-11-9-22)17-4-2-1-3-5-17/h1-5,16,18-19H,6-15H2,(H,23,27)(H,25,26). The van der Waals surface area contributed by atoms with Crippen LogP contribution in [0.1, 0.15) is 44.1 Å². The van der Waals surface area contributed by atoms with Crippen molar-refractivity contribution < 1.29 is 19.4 Å². The van der Waals surface area contributed by atoms with Crippen LogP contribution >= 0.6 is 0 Å². The minimum atomic E-state index is -0.765. The fourth-order valence-corrected chi connectivity index (χ4v) is 4.60. The Morgan fingerprint density at radius 3 is 2.43 bits per heavy atom. The van der Waals surface area contributed by atoms with Gasteiger partial charge in [-0.3, -0.25) is 14.5 Å². The maximum atomic E-state index is 13.3. The number of ether oxygens (including phenoxy) is 1. The highest BCUT2D eigenvalue weighted by Crippen LogP contribution is 2.37. The predicted octanol–water partition coefficient (Wildman–Crippen LogP) is 2.18. The zero-order valence-electron chi connectivity index (χ0n) is 16.3. The Hall–Kier alpha value is -1.92. The van der Waals surface area contributed by atoms with E-state index in [-0.39, 0.29) is 24.5 Å². The van der Waals surface area contributed by atoms with Crippen LogP contribution in [0.5, 0.6) is 0 Å². The van der Waals surface area contributed by atoms with Crippen molar-refractivity contribution in [3.8, 4) is 0 Å². The highest BCUT2D eigenvalue weighted by atomic mass is 16.5. The molecule has 1 amide bonds. The smallest absolute Gasteiger partial charge is 0.317 e. The average molecular weight is 386 g/mol. The molecule has 4 rings (SSSR count). The Bertz CT molecular complexity index is 692. The number of aliphatic carboxylic acids is 1. The molecule has 152 valence electrons. The van der Waals surface area contributed by atoms with E-state index in [1.54, 1.807) is 0 Å². The van der Waals surface area contributed by atoms with Gasteiger partial charge in [-0.2, -0.15) is 0 Å². The summed E-state index contributed by atoms with van der Waals surface area (Å²) in [6, 6.07) is 10.4. The SMILES string of the molecule is O=C(O)CN(CC1CC1)C1CC(NC(=O)C2(c3ccccc3)CCOCC2)C1. The number of benzene rings is 1. The maximum Gasteiger partial charge on any atom is 0.317 e. The first-order valence-electron chi connectivity index (χ1n) is 10.5. The third-order valence-electron chi connectivity index (χ3n) is 6.60. The molecule has 0 aromatic heterocycles. The van der Waals surface area contributed by atoms with Crippen LogP contribution in [0.25, 0.3) is 0 Å². The van der Waals surface area contributed by atoms with Gasteiger partial charge in [0.25, 0.3) is 0 Å². The topological polar surface area (TPSA) is 78.9 Å². The van der Waals surface area contributed by atoms with E-state index in [0.717, 1.165) is 24.9 Å². The molecule has 0 spiro atoms. The van der Waals surface area contributed by atoms with Crippen molar-refractivity contribution in [2.45, 2.75) is 56.0 Å². The first-order valence-corrected chi connectivity index (χ1v) is 10.5. The van der Waals surface area contributed by atoms with Gasteiger partial charge in [0.1, 0.15) is 0 Å². The second kappa shape index (κ2) is 8.21. The van der Waals surface area contributed by atoms with Crippen molar-refractivity contribution in [3.05, 3.63) is 35.9 Å². The van der Waals surface area contributed by atoms with Crippen LogP contribution in [-0.4, -0.2) is 60.3 Å². The van der Waals surface area contributed by atoms with Crippen molar-refractivity contribution in [2.75, 3.05) is 26.3 Å². The molecule has 2 N–H and O–H groups in total. The lowest BCUT2D eigenvalue weighted by molar-refractivity contribution is -0.140. The molecule has 6 heteroatoms. The van der Waals surface area contributed by atoms with Gasteiger partial charge in [-0.15, -0.1) is 0 Å². The molecule has 0 unspecified atom stereocenters. The van der Waals surface area contributed by atoms with Crippen LogP contribution in [0.4, 0.5) is 0 Å². The zero-order valence-corrected chi connectivity index (χ0v) is 16.3. The Balaban J connectivity index is 1.37. The van der Waals surface area contributed by atoms with Crippen molar-refractivity contribution in [1.82, 2.24) is 10.2 Å². The molecule has 2 saturated carbocycles. The number of rotatable bonds is 8. The van der Waals surface area contributed by atoms with Gasteiger partial charge in [0.15, 0.2) is 0 Å². The number of hydrogen-bond donors (Lipinski definition) is 2. The molecular formula is C22H30N2O4. The van der Waals surface area contributed by atoms with Gasteiger partial charge in [0.2, 0.25) is 5.91 Å². The molecule has 0 atom stereocenters. The van der Waals surface area contributed by atoms with E-state index in [2.05, 4.69) is 10.2 Å². The fraction of sp³-hybridized carbons (Fsp3) is 0.636. The van der Waals surface area contributed by atoms with Crippen LogP contribution in [-0.2, 0) is 19.7 Å². The van der Waals surface area contributed by atoms with Crippen LogP contribution in [0, 0.1) is 5.92 Å². The summed E-state index contributed by atoms with van der Waals surface area (Å²) < 4.78 is 5.53. The van der Waals surface area contributed by atoms with Crippen molar-refractivity contribution >= 4 is 11.9 Å². The second-order valence-corrected chi connectivity index (χ2v) is 8.62. The summed E-state index contributed by atoms with van der Waals surface area (Å²) in [6.07, 6.45) is 5.51. The monoisotopic (exact) mass is 386 g/mol. The van der Waals surface area contributed by atoms with E-state index in [9.17, 15) is 14.7 Å². The first-order chi connectivity index (χ1) is 13.6. The number of amides is 1. The quantitative estimate of drug-likeness (QED) is 0.716. The van der Waals surface area contributed by atoms with Gasteiger partial charge < -0.3 is 15.2 Å². The first kappa shape index (κ1) is 19.4. The third-order valence-corrected chi connectivity index (χ3v) is 6.60. The largest absolute Gasteiger partial charge is 0.480 e. The highest BCUT2D eigenvalue weighted by molar-refractivity contribution is 5.88. The molecule has 3 aliphatic rings. The van der Waals surface area contributed by atoms with E-state index in [4.69, 9.17) is 4.74 Å². The van der Waals surface area contributed by atoms with E-state index < -0.39 is 11.4 Å². The van der Waals surface area contributed by atoms with Crippen LogP contribution in [0.3, 0.4) is 0 Å². The van der Waals surface area contributed by atoms with Crippen molar-refractivity contribution in [2.24, 2.45) is 5.92 Å². The number of carboxylic acid groups (broad SMARTS) is 1. The molecule has 2 aliphatic carbocycles. The number of hydrogen-bond acceptors (Lipinski definition) is 4. The Morgan fingerprint density at radius 1 is 1.14 bits per heavy atom. The van der Waals surface area contributed by atoms with Crippen molar-refractivity contribution in [3.63, 3.8) is 0 Å². The van der Waals surface area contributed by atoms with E-state index in [1.807, 2.05) is 30.3 Å². The maximum absolute atomic E-state index is 13.3. The molecule has 1 aromatic carbocycles. The van der Waals surface area contributed by atoms with E-state index in [0.29, 0.717) is 32.0 Å². The Labute approximate surface area is 166 Å². The van der Waals surface area contributed by atoms with Crippen LogP contribution < -0.4 is 5.32 Å². The number of carbonyl (C=O) groups excluding carboxylic acids is 1. The summed E-state index contributed by atoms with van der Waals surface area (Å²) in [5.41, 5.74) is 0.548. The number of carbonyl (C=O) groups is 2. The summed E-state index contributed by atoms with van der Waals surface area (Å²) in [4.78, 5) is 26.6. The lowest BCUT2D eigenvalue weighted by atomic mass is 9.72. The molecule has 0 radical (unpaired) electrons. The lowest BCUT2D eigenvalue weighted by Gasteiger charge is -2.45. The molecule has 1 saturated heterocycles. The van der Waals surface area contributed by atoms with E-state index >= 15 is 0 Å². The molecule has 1 aliphatic heterocycles. The molecule has 6 nitrogen and oxygen atoms in total. The fourth-order valence-electron chi connectivity index (χ4n) is 4.60. The zero-order chi connectivity index (χ0) is 19.6. The molecule has 1 aromatic rings. The van der Waals surface area contributed by atoms with Crippen LogP contribution in [0.15, 0.2) is 30.3 Å². The minimum absolute atomic E-state index is 0.0948. The lowest BCUT2D eigenvalue weighted by Crippen LogP contribution is -2.58. The molecule has 0 bridgehead atoms. The summed E-state index contributed by atoms with van der Waals surface area (Å²) in [6.45, 7) is 2.18.